The van der Waals surface area contributed by atoms with Crippen LogP contribution in [0.5, 0.6) is 0 Å². The fraction of sp³-hybridized carbons (Fsp3) is 0.333. The fourth-order valence-electron chi connectivity index (χ4n) is 2.65. The molecule has 0 aromatic heterocycles. The summed E-state index contributed by atoms with van der Waals surface area (Å²) in [5.74, 6) is 0. The molecule has 0 aliphatic heterocycles. The van der Waals surface area contributed by atoms with Gasteiger partial charge >= 0.3 is 0 Å². The maximum atomic E-state index is 3.48. The van der Waals surface area contributed by atoms with E-state index in [1.807, 2.05) is 0 Å². The average Bonchev–Trinajstić information content (AvgIpc) is 3.11. The SMILES string of the molecule is CNC1(c2ccc(C)c3ccccc23)CC1. The van der Waals surface area contributed by atoms with Crippen LogP contribution < -0.4 is 5.32 Å². The molecule has 0 unspecified atom stereocenters. The van der Waals surface area contributed by atoms with Gasteiger partial charge in [0.2, 0.25) is 0 Å². The zero-order chi connectivity index (χ0) is 11.2. The van der Waals surface area contributed by atoms with Crippen molar-refractivity contribution in [3.8, 4) is 0 Å². The van der Waals surface area contributed by atoms with Crippen LogP contribution in [0.3, 0.4) is 0 Å². The summed E-state index contributed by atoms with van der Waals surface area (Å²) in [6.07, 6.45) is 2.52. The monoisotopic (exact) mass is 211 g/mol. The van der Waals surface area contributed by atoms with Crippen LogP contribution in [0.4, 0.5) is 0 Å². The smallest absolute Gasteiger partial charge is 0.0440 e. The zero-order valence-corrected chi connectivity index (χ0v) is 9.88. The Hall–Kier alpha value is -1.34. The Morgan fingerprint density at radius 1 is 1.00 bits per heavy atom. The summed E-state index contributed by atoms with van der Waals surface area (Å²) in [5.41, 5.74) is 3.09. The molecule has 82 valence electrons. The van der Waals surface area contributed by atoms with Gasteiger partial charge in [-0.15, -0.1) is 0 Å². The Bertz CT molecular complexity index is 538. The van der Waals surface area contributed by atoms with Crippen LogP contribution in [0, 0.1) is 6.92 Å². The molecule has 0 atom stereocenters. The summed E-state index contributed by atoms with van der Waals surface area (Å²) in [7, 11) is 2.07. The third-order valence-electron chi connectivity index (χ3n) is 3.89. The predicted octanol–water partition coefficient (Wildman–Crippen LogP) is 3.36. The van der Waals surface area contributed by atoms with E-state index in [-0.39, 0.29) is 5.54 Å². The topological polar surface area (TPSA) is 12.0 Å². The lowest BCUT2D eigenvalue weighted by molar-refractivity contribution is 0.590. The Morgan fingerprint density at radius 3 is 2.31 bits per heavy atom. The second-order valence-corrected chi connectivity index (χ2v) is 4.81. The minimum Gasteiger partial charge on any atom is -0.310 e. The van der Waals surface area contributed by atoms with Crippen LogP contribution in [0.25, 0.3) is 10.8 Å². The first-order chi connectivity index (χ1) is 7.77. The molecule has 0 amide bonds. The summed E-state index contributed by atoms with van der Waals surface area (Å²) < 4.78 is 0. The molecule has 1 nitrogen and oxygen atoms in total. The zero-order valence-electron chi connectivity index (χ0n) is 9.88. The predicted molar refractivity (Wildman–Crippen MR) is 68.7 cm³/mol. The number of fused-ring (bicyclic) bond motifs is 1. The van der Waals surface area contributed by atoms with E-state index in [0.717, 1.165) is 0 Å². The first kappa shape index (κ1) is 9.86. The van der Waals surface area contributed by atoms with Gasteiger partial charge in [0, 0.05) is 5.54 Å². The van der Waals surface area contributed by atoms with Gasteiger partial charge in [-0.05, 0) is 48.7 Å². The van der Waals surface area contributed by atoms with Crippen LogP contribution in [-0.4, -0.2) is 7.05 Å². The Balaban J connectivity index is 2.30. The van der Waals surface area contributed by atoms with Gasteiger partial charge in [0.15, 0.2) is 0 Å². The maximum Gasteiger partial charge on any atom is 0.0440 e. The third-order valence-corrected chi connectivity index (χ3v) is 3.89. The first-order valence-electron chi connectivity index (χ1n) is 5.95. The lowest BCUT2D eigenvalue weighted by Crippen LogP contribution is -2.24. The van der Waals surface area contributed by atoms with Gasteiger partial charge in [-0.3, -0.25) is 0 Å². The van der Waals surface area contributed by atoms with E-state index < -0.39 is 0 Å². The van der Waals surface area contributed by atoms with Crippen LogP contribution in [0.15, 0.2) is 36.4 Å². The molecule has 0 heterocycles. The summed E-state index contributed by atoms with van der Waals surface area (Å²) in [6, 6.07) is 13.3. The third kappa shape index (κ3) is 1.28. The van der Waals surface area contributed by atoms with Crippen molar-refractivity contribution in [3.63, 3.8) is 0 Å². The molecule has 1 fully saturated rings. The lowest BCUT2D eigenvalue weighted by atomic mass is 9.94. The molecule has 16 heavy (non-hydrogen) atoms. The average molecular weight is 211 g/mol. The first-order valence-corrected chi connectivity index (χ1v) is 5.95. The van der Waals surface area contributed by atoms with E-state index in [1.54, 1.807) is 0 Å². The quantitative estimate of drug-likeness (QED) is 0.803. The summed E-state index contributed by atoms with van der Waals surface area (Å²) in [4.78, 5) is 0. The van der Waals surface area contributed by atoms with Crippen molar-refractivity contribution in [2.24, 2.45) is 0 Å². The minimum atomic E-state index is 0.257. The number of aryl methyl sites for hydroxylation is 1. The molecule has 1 heteroatoms. The minimum absolute atomic E-state index is 0.257. The van der Waals surface area contributed by atoms with E-state index in [9.17, 15) is 0 Å². The van der Waals surface area contributed by atoms with E-state index in [1.165, 1.54) is 34.7 Å². The Morgan fingerprint density at radius 2 is 1.69 bits per heavy atom. The van der Waals surface area contributed by atoms with Gasteiger partial charge in [-0.1, -0.05) is 36.4 Å². The molecular formula is C15H17N. The van der Waals surface area contributed by atoms with Crippen molar-refractivity contribution in [2.75, 3.05) is 7.05 Å². The number of rotatable bonds is 2. The van der Waals surface area contributed by atoms with Crippen LogP contribution in [-0.2, 0) is 5.54 Å². The molecule has 0 spiro atoms. The van der Waals surface area contributed by atoms with Gasteiger partial charge in [0.1, 0.15) is 0 Å². The molecule has 1 aliphatic carbocycles. The summed E-state index contributed by atoms with van der Waals surface area (Å²) in [6.45, 7) is 2.19. The Labute approximate surface area is 96.5 Å². The van der Waals surface area contributed by atoms with Gasteiger partial charge in [-0.2, -0.15) is 0 Å². The van der Waals surface area contributed by atoms with Crippen LogP contribution >= 0.6 is 0 Å². The molecule has 0 saturated heterocycles. The van der Waals surface area contributed by atoms with E-state index in [2.05, 4.69) is 55.7 Å². The molecule has 2 aromatic carbocycles. The van der Waals surface area contributed by atoms with Crippen molar-refractivity contribution in [2.45, 2.75) is 25.3 Å². The number of nitrogens with one attached hydrogen (secondary N) is 1. The normalized spacial score (nSPS) is 17.6. The van der Waals surface area contributed by atoms with Crippen LogP contribution in [0.2, 0.25) is 0 Å². The molecule has 3 rings (SSSR count). The highest BCUT2D eigenvalue weighted by molar-refractivity contribution is 5.89. The molecule has 1 N–H and O–H groups in total. The highest BCUT2D eigenvalue weighted by Crippen LogP contribution is 2.47. The van der Waals surface area contributed by atoms with E-state index >= 15 is 0 Å². The summed E-state index contributed by atoms with van der Waals surface area (Å²) in [5, 5.41) is 6.28. The van der Waals surface area contributed by atoms with E-state index in [4.69, 9.17) is 0 Å². The molecule has 1 saturated carbocycles. The number of hydrogen-bond acceptors (Lipinski definition) is 1. The standard InChI is InChI=1S/C15H17N/c1-11-7-8-14(15(16-2)9-10-15)13-6-4-3-5-12(11)13/h3-8,16H,9-10H2,1-2H3. The highest BCUT2D eigenvalue weighted by Gasteiger charge is 2.43. The largest absolute Gasteiger partial charge is 0.310 e. The molecule has 0 radical (unpaired) electrons. The lowest BCUT2D eigenvalue weighted by Gasteiger charge is -2.18. The van der Waals surface area contributed by atoms with Crippen molar-refractivity contribution >= 4 is 10.8 Å². The number of hydrogen-bond donors (Lipinski definition) is 1. The van der Waals surface area contributed by atoms with Gasteiger partial charge in [0.25, 0.3) is 0 Å². The highest BCUT2D eigenvalue weighted by atomic mass is 15.0. The Kier molecular flexibility index (Phi) is 2.05. The van der Waals surface area contributed by atoms with Gasteiger partial charge in [0.05, 0.1) is 0 Å². The molecule has 2 aromatic rings. The van der Waals surface area contributed by atoms with Crippen molar-refractivity contribution in [1.29, 1.82) is 0 Å². The van der Waals surface area contributed by atoms with Crippen molar-refractivity contribution < 1.29 is 0 Å². The van der Waals surface area contributed by atoms with Crippen LogP contribution in [0.1, 0.15) is 24.0 Å². The molecular weight excluding hydrogens is 194 g/mol. The van der Waals surface area contributed by atoms with Crippen molar-refractivity contribution in [3.05, 3.63) is 47.5 Å². The van der Waals surface area contributed by atoms with Gasteiger partial charge in [-0.25, -0.2) is 0 Å². The molecule has 0 bridgehead atoms. The molecule has 1 aliphatic rings. The summed E-state index contributed by atoms with van der Waals surface area (Å²) >= 11 is 0. The second kappa shape index (κ2) is 3.33. The van der Waals surface area contributed by atoms with Gasteiger partial charge < -0.3 is 5.32 Å². The van der Waals surface area contributed by atoms with E-state index in [0.29, 0.717) is 0 Å². The van der Waals surface area contributed by atoms with Crippen molar-refractivity contribution in [1.82, 2.24) is 5.32 Å². The maximum absolute atomic E-state index is 3.48. The number of benzene rings is 2. The second-order valence-electron chi connectivity index (χ2n) is 4.81. The fourth-order valence-corrected chi connectivity index (χ4v) is 2.65.